The summed E-state index contributed by atoms with van der Waals surface area (Å²) < 4.78 is 13.5. The molecule has 1 fully saturated rings. The highest BCUT2D eigenvalue weighted by Gasteiger charge is 2.45. The summed E-state index contributed by atoms with van der Waals surface area (Å²) in [5, 5.41) is 10.6. The molecule has 1 saturated heterocycles. The average Bonchev–Trinajstić information content (AvgIpc) is 3.35. The third-order valence-corrected chi connectivity index (χ3v) is 6.68. The fraction of sp³-hybridized carbons (Fsp3) is 0.231. The van der Waals surface area contributed by atoms with Gasteiger partial charge >= 0.3 is 6.09 Å². The first-order valence-corrected chi connectivity index (χ1v) is 11.0. The van der Waals surface area contributed by atoms with E-state index in [9.17, 15) is 14.7 Å². The summed E-state index contributed by atoms with van der Waals surface area (Å²) in [6, 6.07) is 18.5. The van der Waals surface area contributed by atoms with Crippen LogP contribution in [0.15, 0.2) is 76.1 Å². The average molecular weight is 442 g/mol. The maximum atomic E-state index is 12.8. The minimum atomic E-state index is -0.875. The van der Waals surface area contributed by atoms with Crippen LogP contribution in [0.25, 0.3) is 16.7 Å². The van der Waals surface area contributed by atoms with Gasteiger partial charge in [0.05, 0.1) is 11.7 Å². The lowest BCUT2D eigenvalue weighted by Gasteiger charge is -2.31. The quantitative estimate of drug-likeness (QED) is 0.486. The fourth-order valence-electron chi connectivity index (χ4n) is 5.20. The summed E-state index contributed by atoms with van der Waals surface area (Å²) in [4.78, 5) is 26.1. The van der Waals surface area contributed by atoms with Crippen LogP contribution in [0, 0.1) is 0 Å². The monoisotopic (exact) mass is 442 g/mol. The van der Waals surface area contributed by atoms with Crippen LogP contribution in [0.4, 0.5) is 4.79 Å². The van der Waals surface area contributed by atoms with Crippen LogP contribution in [0.5, 0.6) is 5.75 Å². The summed E-state index contributed by atoms with van der Waals surface area (Å²) in [6.07, 6.45) is 3.08. The molecule has 2 atom stereocenters. The number of benzene rings is 2. The molecular formula is C26H22N2O5. The van der Waals surface area contributed by atoms with Crippen LogP contribution in [0.2, 0.25) is 0 Å². The second-order valence-electron chi connectivity index (χ2n) is 8.61. The number of amides is 1. The predicted octanol–water partition coefficient (Wildman–Crippen LogP) is 4.90. The van der Waals surface area contributed by atoms with E-state index in [1.54, 1.807) is 21.7 Å². The van der Waals surface area contributed by atoms with Gasteiger partial charge < -0.3 is 14.3 Å². The van der Waals surface area contributed by atoms with Crippen molar-refractivity contribution in [3.63, 3.8) is 0 Å². The largest absolute Gasteiger partial charge is 0.489 e. The Morgan fingerprint density at radius 3 is 2.73 bits per heavy atom. The molecule has 1 amide bonds. The van der Waals surface area contributed by atoms with Gasteiger partial charge in [0.25, 0.3) is 5.56 Å². The smallest absolute Gasteiger partial charge is 0.408 e. The Morgan fingerprint density at radius 2 is 1.94 bits per heavy atom. The molecular weight excluding hydrogens is 420 g/mol. The highest BCUT2D eigenvalue weighted by atomic mass is 16.5. The van der Waals surface area contributed by atoms with Crippen molar-refractivity contribution in [3.05, 3.63) is 94.1 Å². The van der Waals surface area contributed by atoms with Crippen molar-refractivity contribution in [2.45, 2.75) is 38.0 Å². The third-order valence-electron chi connectivity index (χ3n) is 6.68. The second kappa shape index (κ2) is 7.55. The third kappa shape index (κ3) is 3.28. The molecule has 2 aromatic heterocycles. The number of hydrogen-bond donors (Lipinski definition) is 1. The summed E-state index contributed by atoms with van der Waals surface area (Å²) in [6.45, 7) is 0.393. The van der Waals surface area contributed by atoms with Gasteiger partial charge in [0.15, 0.2) is 0 Å². The van der Waals surface area contributed by atoms with Gasteiger partial charge in [-0.15, -0.1) is 0 Å². The molecule has 0 saturated carbocycles. The van der Waals surface area contributed by atoms with Gasteiger partial charge in [-0.1, -0.05) is 30.3 Å². The van der Waals surface area contributed by atoms with Crippen LogP contribution >= 0.6 is 0 Å². The molecule has 1 N–H and O–H groups in total. The summed E-state index contributed by atoms with van der Waals surface area (Å²) >= 11 is 0. The number of furan rings is 1. The maximum Gasteiger partial charge on any atom is 0.408 e. The van der Waals surface area contributed by atoms with Crippen molar-refractivity contribution < 1.29 is 19.1 Å². The highest BCUT2D eigenvalue weighted by molar-refractivity contribution is 5.86. The Kier molecular flexibility index (Phi) is 4.50. The van der Waals surface area contributed by atoms with Gasteiger partial charge in [-0.3, -0.25) is 14.3 Å². The SMILES string of the molecule is O=C(O)N1C2CCC1c1c(oc3cc(-n4ccc(OCc5ccccc5)cc4=O)ccc13)C2. The van der Waals surface area contributed by atoms with E-state index >= 15 is 0 Å². The Balaban J connectivity index is 1.30. The van der Waals surface area contributed by atoms with Gasteiger partial charge in [0, 0.05) is 41.7 Å². The van der Waals surface area contributed by atoms with E-state index in [0.29, 0.717) is 30.0 Å². The van der Waals surface area contributed by atoms with E-state index in [1.165, 1.54) is 6.07 Å². The molecule has 2 aromatic carbocycles. The number of carboxylic acid groups (broad SMARTS) is 1. The van der Waals surface area contributed by atoms with E-state index < -0.39 is 6.09 Å². The van der Waals surface area contributed by atoms with Gasteiger partial charge in [0.1, 0.15) is 23.7 Å². The van der Waals surface area contributed by atoms with Crippen molar-refractivity contribution >= 4 is 17.1 Å². The Bertz CT molecular complexity index is 1420. The molecule has 166 valence electrons. The van der Waals surface area contributed by atoms with Crippen LogP contribution in [0.1, 0.15) is 35.8 Å². The minimum Gasteiger partial charge on any atom is -0.489 e. The molecule has 7 heteroatoms. The molecule has 2 bridgehead atoms. The number of hydrogen-bond acceptors (Lipinski definition) is 4. The minimum absolute atomic E-state index is 0.0221. The van der Waals surface area contributed by atoms with Crippen LogP contribution in [-0.2, 0) is 13.0 Å². The van der Waals surface area contributed by atoms with Crippen molar-refractivity contribution in [3.8, 4) is 11.4 Å². The lowest BCUT2D eigenvalue weighted by molar-refractivity contribution is 0.114. The van der Waals surface area contributed by atoms with E-state index in [4.69, 9.17) is 9.15 Å². The summed E-state index contributed by atoms with van der Waals surface area (Å²) in [7, 11) is 0. The molecule has 7 nitrogen and oxygen atoms in total. The predicted molar refractivity (Wildman–Crippen MR) is 122 cm³/mol. The Labute approximate surface area is 189 Å². The van der Waals surface area contributed by atoms with Gasteiger partial charge in [-0.25, -0.2) is 4.79 Å². The van der Waals surface area contributed by atoms with E-state index in [2.05, 4.69) is 0 Å². The van der Waals surface area contributed by atoms with E-state index in [1.807, 2.05) is 48.5 Å². The highest BCUT2D eigenvalue weighted by Crippen LogP contribution is 2.47. The molecule has 2 unspecified atom stereocenters. The normalized spacial score (nSPS) is 19.0. The van der Waals surface area contributed by atoms with Gasteiger partial charge in [-0.2, -0.15) is 0 Å². The first kappa shape index (κ1) is 19.7. The van der Waals surface area contributed by atoms with Crippen LogP contribution in [0.3, 0.4) is 0 Å². The maximum absolute atomic E-state index is 12.8. The van der Waals surface area contributed by atoms with Crippen LogP contribution < -0.4 is 10.3 Å². The number of ether oxygens (including phenoxy) is 1. The molecule has 2 aliphatic heterocycles. The van der Waals surface area contributed by atoms with Crippen molar-refractivity contribution in [1.29, 1.82) is 0 Å². The lowest BCUT2D eigenvalue weighted by Crippen LogP contribution is -2.40. The first-order valence-electron chi connectivity index (χ1n) is 11.0. The van der Waals surface area contributed by atoms with Gasteiger partial charge in [-0.05, 0) is 36.6 Å². The topological polar surface area (TPSA) is 84.9 Å². The van der Waals surface area contributed by atoms with Gasteiger partial charge in [0.2, 0.25) is 0 Å². The zero-order chi connectivity index (χ0) is 22.5. The van der Waals surface area contributed by atoms with E-state index in [-0.39, 0.29) is 17.6 Å². The lowest BCUT2D eigenvalue weighted by atomic mass is 9.97. The number of nitrogens with zero attached hydrogens (tertiary/aromatic N) is 2. The molecule has 0 spiro atoms. The molecule has 4 aromatic rings. The van der Waals surface area contributed by atoms with Crippen molar-refractivity contribution in [2.24, 2.45) is 0 Å². The number of carbonyl (C=O) groups is 1. The molecule has 6 rings (SSSR count). The number of rotatable bonds is 4. The van der Waals surface area contributed by atoms with Crippen molar-refractivity contribution in [2.75, 3.05) is 0 Å². The molecule has 0 radical (unpaired) electrons. The fourth-order valence-corrected chi connectivity index (χ4v) is 5.20. The van der Waals surface area contributed by atoms with Crippen molar-refractivity contribution in [1.82, 2.24) is 9.47 Å². The molecule has 33 heavy (non-hydrogen) atoms. The Hall–Kier alpha value is -4.00. The van der Waals surface area contributed by atoms with E-state index in [0.717, 1.165) is 35.1 Å². The number of aromatic nitrogens is 1. The standard InChI is InChI=1S/C26H22N2O5/c29-24-14-19(32-15-16-4-2-1-3-5-16)10-11-27(24)17-6-8-20-22(12-17)33-23-13-18-7-9-21(25(20)23)28(18)26(30)31/h1-6,8,10-12,14,18,21H,7,9,13,15H2,(H,30,31). The zero-order valence-electron chi connectivity index (χ0n) is 17.8. The second-order valence-corrected chi connectivity index (χ2v) is 8.61. The molecule has 0 aliphatic carbocycles. The molecule has 2 aliphatic rings. The summed E-state index contributed by atoms with van der Waals surface area (Å²) in [5.41, 5.74) is 3.17. The van der Waals surface area contributed by atoms with Crippen LogP contribution in [-0.4, -0.2) is 26.7 Å². The molecule has 4 heterocycles. The number of fused-ring (bicyclic) bond motifs is 6. The Morgan fingerprint density at radius 1 is 1.09 bits per heavy atom. The zero-order valence-corrected chi connectivity index (χ0v) is 17.8. The summed E-state index contributed by atoms with van der Waals surface area (Å²) in [5.74, 6) is 1.38. The number of pyridine rings is 1. The first-order chi connectivity index (χ1) is 16.1.